The Bertz CT molecular complexity index is 467. The predicted molar refractivity (Wildman–Crippen MR) is 52.4 cm³/mol. The monoisotopic (exact) mass is 200 g/mol. The van der Waals surface area contributed by atoms with Crippen LogP contribution in [-0.4, -0.2) is 13.4 Å². The maximum atomic E-state index is 10.8. The molecule has 0 fully saturated rings. The first-order chi connectivity index (χ1) is 7.26. The van der Waals surface area contributed by atoms with E-state index >= 15 is 0 Å². The van der Waals surface area contributed by atoms with Crippen LogP contribution in [0.1, 0.15) is 21.5 Å². The van der Waals surface area contributed by atoms with Gasteiger partial charge in [-0.25, -0.2) is 0 Å². The second-order valence-corrected chi connectivity index (χ2v) is 2.81. The Morgan fingerprint density at radius 3 is 2.67 bits per heavy atom. The number of nitriles is 2. The number of carbonyl (C=O) groups excluding carboxylic acids is 1. The molecule has 0 aromatic heterocycles. The third-order valence-corrected chi connectivity index (χ3v) is 2.00. The molecule has 15 heavy (non-hydrogen) atoms. The Kier molecular flexibility index (Phi) is 3.43. The lowest BCUT2D eigenvalue weighted by Gasteiger charge is -2.06. The standard InChI is InChI=1S/C11H8N2O2/c1-15-10-4-8(6-13)11(2-3-12)9(5-10)7-14/h4-5,7H,2H2,1H3. The first kappa shape index (κ1) is 10.7. The molecule has 0 heterocycles. The molecule has 0 bridgehead atoms. The Labute approximate surface area is 87.3 Å². The highest BCUT2D eigenvalue weighted by molar-refractivity contribution is 5.80. The summed E-state index contributed by atoms with van der Waals surface area (Å²) in [6.45, 7) is 0. The van der Waals surface area contributed by atoms with Gasteiger partial charge in [0.15, 0.2) is 6.29 Å². The number of hydrogen-bond donors (Lipinski definition) is 0. The van der Waals surface area contributed by atoms with Crippen LogP contribution in [0.5, 0.6) is 5.75 Å². The molecule has 4 nitrogen and oxygen atoms in total. The van der Waals surface area contributed by atoms with Crippen molar-refractivity contribution in [3.63, 3.8) is 0 Å². The molecule has 0 saturated heterocycles. The molecule has 0 unspecified atom stereocenters. The molecule has 1 aromatic carbocycles. The number of nitrogens with zero attached hydrogens (tertiary/aromatic N) is 2. The van der Waals surface area contributed by atoms with E-state index in [2.05, 4.69) is 0 Å². The molecule has 0 atom stereocenters. The van der Waals surface area contributed by atoms with Crippen molar-refractivity contribution in [3.8, 4) is 17.9 Å². The highest BCUT2D eigenvalue weighted by Crippen LogP contribution is 2.21. The predicted octanol–water partition coefficient (Wildman–Crippen LogP) is 1.45. The van der Waals surface area contributed by atoms with Crippen LogP contribution in [0.4, 0.5) is 0 Å². The van der Waals surface area contributed by atoms with Gasteiger partial charge in [0.1, 0.15) is 5.75 Å². The van der Waals surface area contributed by atoms with Crippen LogP contribution in [0.15, 0.2) is 12.1 Å². The topological polar surface area (TPSA) is 73.9 Å². The van der Waals surface area contributed by atoms with Gasteiger partial charge < -0.3 is 4.74 Å². The van der Waals surface area contributed by atoms with Crippen LogP contribution in [-0.2, 0) is 6.42 Å². The van der Waals surface area contributed by atoms with E-state index in [0.717, 1.165) is 0 Å². The summed E-state index contributed by atoms with van der Waals surface area (Å²) in [7, 11) is 1.45. The van der Waals surface area contributed by atoms with Crippen molar-refractivity contribution in [1.29, 1.82) is 10.5 Å². The SMILES string of the molecule is COc1cc(C#N)c(CC#N)c(C=O)c1. The summed E-state index contributed by atoms with van der Waals surface area (Å²) in [5.41, 5.74) is 1.08. The zero-order valence-corrected chi connectivity index (χ0v) is 8.15. The molecular formula is C11H8N2O2. The molecule has 0 aliphatic heterocycles. The average molecular weight is 200 g/mol. The molecule has 1 aromatic rings. The van der Waals surface area contributed by atoms with E-state index in [1.54, 1.807) is 0 Å². The fourth-order valence-corrected chi connectivity index (χ4v) is 1.27. The number of ether oxygens (including phenoxy) is 1. The highest BCUT2D eigenvalue weighted by Gasteiger charge is 2.10. The van der Waals surface area contributed by atoms with Crippen LogP contribution in [0.3, 0.4) is 0 Å². The van der Waals surface area contributed by atoms with Crippen molar-refractivity contribution in [2.45, 2.75) is 6.42 Å². The van der Waals surface area contributed by atoms with Gasteiger partial charge in [0, 0.05) is 5.56 Å². The van der Waals surface area contributed by atoms with E-state index < -0.39 is 0 Å². The average Bonchev–Trinajstić information content (AvgIpc) is 2.29. The number of rotatable bonds is 3. The van der Waals surface area contributed by atoms with Crippen LogP contribution >= 0.6 is 0 Å². The van der Waals surface area contributed by atoms with E-state index in [4.69, 9.17) is 15.3 Å². The Hall–Kier alpha value is -2.33. The lowest BCUT2D eigenvalue weighted by Crippen LogP contribution is -1.98. The molecule has 0 amide bonds. The summed E-state index contributed by atoms with van der Waals surface area (Å²) in [6, 6.07) is 6.89. The number of carbonyl (C=O) groups is 1. The molecule has 0 spiro atoms. The maximum Gasteiger partial charge on any atom is 0.150 e. The molecule has 1 rings (SSSR count). The van der Waals surface area contributed by atoms with Crippen molar-refractivity contribution in [1.82, 2.24) is 0 Å². The third-order valence-electron chi connectivity index (χ3n) is 2.00. The van der Waals surface area contributed by atoms with Gasteiger partial charge in [-0.2, -0.15) is 10.5 Å². The van der Waals surface area contributed by atoms with E-state index in [-0.39, 0.29) is 6.42 Å². The van der Waals surface area contributed by atoms with Crippen molar-refractivity contribution in [2.24, 2.45) is 0 Å². The van der Waals surface area contributed by atoms with Crippen LogP contribution in [0.2, 0.25) is 0 Å². The summed E-state index contributed by atoms with van der Waals surface area (Å²) in [4.78, 5) is 10.8. The molecule has 0 aliphatic rings. The first-order valence-corrected chi connectivity index (χ1v) is 4.20. The third kappa shape index (κ3) is 2.12. The summed E-state index contributed by atoms with van der Waals surface area (Å²) in [5, 5.41) is 17.4. The molecule has 0 aliphatic carbocycles. The van der Waals surface area contributed by atoms with E-state index in [0.29, 0.717) is 28.7 Å². The molecular weight excluding hydrogens is 192 g/mol. The molecule has 74 valence electrons. The molecule has 0 N–H and O–H groups in total. The quantitative estimate of drug-likeness (QED) is 0.692. The Morgan fingerprint density at radius 2 is 2.20 bits per heavy atom. The zero-order valence-electron chi connectivity index (χ0n) is 8.15. The van der Waals surface area contributed by atoms with Gasteiger partial charge in [0.2, 0.25) is 0 Å². The summed E-state index contributed by atoms with van der Waals surface area (Å²) in [6.07, 6.45) is 0.664. The smallest absolute Gasteiger partial charge is 0.150 e. The van der Waals surface area contributed by atoms with Gasteiger partial charge in [0.05, 0.1) is 31.2 Å². The normalized spacial score (nSPS) is 8.73. The summed E-state index contributed by atoms with van der Waals surface area (Å²) < 4.78 is 4.94. The zero-order chi connectivity index (χ0) is 11.3. The molecule has 0 radical (unpaired) electrons. The minimum atomic E-state index is 0.0426. The lowest BCUT2D eigenvalue weighted by molar-refractivity contribution is 0.112. The van der Waals surface area contributed by atoms with Gasteiger partial charge in [0.25, 0.3) is 0 Å². The fraction of sp³-hybridized carbons (Fsp3) is 0.182. The van der Waals surface area contributed by atoms with Crippen molar-refractivity contribution < 1.29 is 9.53 Å². The minimum Gasteiger partial charge on any atom is -0.497 e. The minimum absolute atomic E-state index is 0.0426. The van der Waals surface area contributed by atoms with Crippen LogP contribution in [0, 0.1) is 22.7 Å². The van der Waals surface area contributed by atoms with Crippen molar-refractivity contribution in [2.75, 3.05) is 7.11 Å². The lowest BCUT2D eigenvalue weighted by atomic mass is 9.99. The van der Waals surface area contributed by atoms with E-state index in [1.807, 2.05) is 12.1 Å². The van der Waals surface area contributed by atoms with Crippen LogP contribution in [0.25, 0.3) is 0 Å². The maximum absolute atomic E-state index is 10.8. The van der Waals surface area contributed by atoms with Crippen molar-refractivity contribution in [3.05, 3.63) is 28.8 Å². The number of aldehydes is 1. The van der Waals surface area contributed by atoms with Gasteiger partial charge in [-0.15, -0.1) is 0 Å². The molecule has 4 heteroatoms. The molecule has 0 saturated carbocycles. The number of benzene rings is 1. The number of methoxy groups -OCH3 is 1. The van der Waals surface area contributed by atoms with Gasteiger partial charge in [-0.3, -0.25) is 4.79 Å². The van der Waals surface area contributed by atoms with Gasteiger partial charge >= 0.3 is 0 Å². The van der Waals surface area contributed by atoms with E-state index in [1.165, 1.54) is 19.2 Å². The van der Waals surface area contributed by atoms with Crippen LogP contribution < -0.4 is 4.74 Å². The largest absolute Gasteiger partial charge is 0.497 e. The summed E-state index contributed by atoms with van der Waals surface area (Å²) in [5.74, 6) is 0.440. The highest BCUT2D eigenvalue weighted by atomic mass is 16.5. The summed E-state index contributed by atoms with van der Waals surface area (Å²) >= 11 is 0. The Balaban J connectivity index is 3.42. The second-order valence-electron chi connectivity index (χ2n) is 2.81. The first-order valence-electron chi connectivity index (χ1n) is 4.20. The fourth-order valence-electron chi connectivity index (χ4n) is 1.27. The van der Waals surface area contributed by atoms with Gasteiger partial charge in [-0.05, 0) is 17.7 Å². The van der Waals surface area contributed by atoms with E-state index in [9.17, 15) is 4.79 Å². The Morgan fingerprint density at radius 1 is 1.47 bits per heavy atom. The van der Waals surface area contributed by atoms with Crippen molar-refractivity contribution >= 4 is 6.29 Å². The van der Waals surface area contributed by atoms with Gasteiger partial charge in [-0.1, -0.05) is 0 Å². The number of hydrogen-bond acceptors (Lipinski definition) is 4. The second kappa shape index (κ2) is 4.78.